The van der Waals surface area contributed by atoms with Crippen LogP contribution in [0, 0.1) is 11.8 Å². The summed E-state index contributed by atoms with van der Waals surface area (Å²) in [5.74, 6) is 0.331. The van der Waals surface area contributed by atoms with E-state index in [1.165, 1.54) is 0 Å². The van der Waals surface area contributed by atoms with Crippen molar-refractivity contribution in [3.05, 3.63) is 12.2 Å². The van der Waals surface area contributed by atoms with Gasteiger partial charge < -0.3 is 4.74 Å². The largest absolute Gasteiger partial charge is 0.352 e. The summed E-state index contributed by atoms with van der Waals surface area (Å²) in [6, 6.07) is 0. The first-order valence-electron chi connectivity index (χ1n) is 4.57. The van der Waals surface area contributed by atoms with Gasteiger partial charge in [-0.2, -0.15) is 0 Å². The van der Waals surface area contributed by atoms with Crippen LogP contribution in [-0.4, -0.2) is 23.1 Å². The Hall–Kier alpha value is -0.280. The van der Waals surface area contributed by atoms with E-state index in [1.807, 2.05) is 26.2 Å². The molecule has 0 radical (unpaired) electrons. The third-order valence-corrected chi connectivity index (χ3v) is 4.35. The highest BCUT2D eigenvalue weighted by molar-refractivity contribution is 8.00. The molecule has 2 rings (SSSR count). The molecule has 3 heteroatoms. The van der Waals surface area contributed by atoms with Crippen LogP contribution in [0.15, 0.2) is 12.2 Å². The lowest BCUT2D eigenvalue weighted by atomic mass is 9.87. The minimum atomic E-state index is -0.367. The highest BCUT2D eigenvalue weighted by Crippen LogP contribution is 2.46. The van der Waals surface area contributed by atoms with E-state index in [4.69, 9.17) is 4.74 Å². The second-order valence-electron chi connectivity index (χ2n) is 3.78. The molecule has 0 aromatic heterocycles. The van der Waals surface area contributed by atoms with Crippen LogP contribution in [-0.2, 0) is 9.53 Å². The molecular formula is C10H14O2S. The van der Waals surface area contributed by atoms with Crippen LogP contribution in [0.1, 0.15) is 13.8 Å². The molecule has 0 aromatic carbocycles. The first-order chi connectivity index (χ1) is 6.10. The van der Waals surface area contributed by atoms with Crippen molar-refractivity contribution in [3.63, 3.8) is 0 Å². The number of Topliss-reactive ketones (excluding diaryl/α,β-unsaturated/α-hetero) is 1. The van der Waals surface area contributed by atoms with Gasteiger partial charge in [0.05, 0.1) is 12.0 Å². The van der Waals surface area contributed by atoms with Gasteiger partial charge in [0.1, 0.15) is 10.7 Å². The second-order valence-corrected chi connectivity index (χ2v) is 4.83. The van der Waals surface area contributed by atoms with Gasteiger partial charge in [0.15, 0.2) is 0 Å². The number of thioether (sulfide) groups is 1. The van der Waals surface area contributed by atoms with Crippen LogP contribution in [0.3, 0.4) is 0 Å². The fourth-order valence-corrected chi connectivity index (χ4v) is 2.97. The van der Waals surface area contributed by atoms with E-state index >= 15 is 0 Å². The quantitative estimate of drug-likeness (QED) is 0.601. The van der Waals surface area contributed by atoms with Crippen molar-refractivity contribution in [1.82, 2.24) is 0 Å². The number of hydrogen-bond acceptors (Lipinski definition) is 3. The van der Waals surface area contributed by atoms with Gasteiger partial charge in [-0.1, -0.05) is 19.9 Å². The number of ether oxygens (including phenoxy) is 1. The average molecular weight is 198 g/mol. The van der Waals surface area contributed by atoms with Gasteiger partial charge in [-0.15, -0.1) is 11.8 Å². The van der Waals surface area contributed by atoms with Gasteiger partial charge in [-0.05, 0) is 12.3 Å². The molecule has 0 aromatic rings. The normalized spacial score (nSPS) is 48.5. The molecule has 2 aliphatic heterocycles. The lowest BCUT2D eigenvalue weighted by Crippen LogP contribution is -2.47. The van der Waals surface area contributed by atoms with Gasteiger partial charge in [0.25, 0.3) is 0 Å². The van der Waals surface area contributed by atoms with Crippen molar-refractivity contribution < 1.29 is 9.53 Å². The molecule has 1 saturated heterocycles. The van der Waals surface area contributed by atoms with E-state index in [9.17, 15) is 4.79 Å². The summed E-state index contributed by atoms with van der Waals surface area (Å²) in [5, 5.41) is 0. The predicted octanol–water partition coefficient (Wildman–Crippen LogP) is 1.86. The lowest BCUT2D eigenvalue weighted by molar-refractivity contribution is -0.146. The maximum atomic E-state index is 11.8. The standard InChI is InChI=1S/C10H14O2S/c1-6-8-4-5-10(12-8,13-3)7(2)9(6)11/h4-8H,1-3H3/t6-,7-,8-,10-/m1/s1. The van der Waals surface area contributed by atoms with Crippen LogP contribution in [0.25, 0.3) is 0 Å². The van der Waals surface area contributed by atoms with Gasteiger partial charge in [0.2, 0.25) is 0 Å². The molecule has 0 aliphatic carbocycles. The zero-order valence-electron chi connectivity index (χ0n) is 8.11. The smallest absolute Gasteiger partial charge is 0.145 e. The highest BCUT2D eigenvalue weighted by Gasteiger charge is 2.51. The van der Waals surface area contributed by atoms with E-state index in [0.29, 0.717) is 5.78 Å². The Morgan fingerprint density at radius 3 is 2.85 bits per heavy atom. The Bertz CT molecular complexity index is 274. The molecule has 2 aliphatic rings. The molecular weight excluding hydrogens is 184 g/mol. The summed E-state index contributed by atoms with van der Waals surface area (Å²) in [5.41, 5.74) is 0. The summed E-state index contributed by atoms with van der Waals surface area (Å²) >= 11 is 1.62. The maximum absolute atomic E-state index is 11.8. The maximum Gasteiger partial charge on any atom is 0.145 e. The van der Waals surface area contributed by atoms with Gasteiger partial charge >= 0.3 is 0 Å². The first kappa shape index (κ1) is 9.28. The molecule has 13 heavy (non-hydrogen) atoms. The zero-order valence-corrected chi connectivity index (χ0v) is 8.93. The van der Waals surface area contributed by atoms with Crippen LogP contribution in [0.5, 0.6) is 0 Å². The third-order valence-electron chi connectivity index (χ3n) is 3.13. The molecule has 0 unspecified atom stereocenters. The predicted molar refractivity (Wildman–Crippen MR) is 53.6 cm³/mol. The highest BCUT2D eigenvalue weighted by atomic mass is 32.2. The molecule has 0 spiro atoms. The van der Waals surface area contributed by atoms with E-state index in [0.717, 1.165) is 0 Å². The van der Waals surface area contributed by atoms with Gasteiger partial charge in [0, 0.05) is 5.92 Å². The molecule has 0 N–H and O–H groups in total. The minimum absolute atomic E-state index is 0.0103. The molecule has 0 saturated carbocycles. The van der Waals surface area contributed by atoms with Crippen LogP contribution >= 0.6 is 11.8 Å². The molecule has 2 bridgehead atoms. The van der Waals surface area contributed by atoms with Gasteiger partial charge in [-0.3, -0.25) is 4.79 Å². The molecule has 0 amide bonds. The summed E-state index contributed by atoms with van der Waals surface area (Å²) in [7, 11) is 0. The Morgan fingerprint density at radius 1 is 1.54 bits per heavy atom. The Kier molecular flexibility index (Phi) is 2.04. The lowest BCUT2D eigenvalue weighted by Gasteiger charge is -2.39. The number of fused-ring (bicyclic) bond motifs is 2. The van der Waals surface area contributed by atoms with Crippen molar-refractivity contribution in [2.45, 2.75) is 24.9 Å². The number of rotatable bonds is 1. The van der Waals surface area contributed by atoms with Gasteiger partial charge in [-0.25, -0.2) is 0 Å². The first-order valence-corrected chi connectivity index (χ1v) is 5.79. The van der Waals surface area contributed by atoms with Crippen molar-refractivity contribution in [1.29, 1.82) is 0 Å². The van der Waals surface area contributed by atoms with Crippen molar-refractivity contribution in [3.8, 4) is 0 Å². The molecule has 2 nitrogen and oxygen atoms in total. The summed E-state index contributed by atoms with van der Waals surface area (Å²) in [6.45, 7) is 3.91. The van der Waals surface area contributed by atoms with E-state index in [-0.39, 0.29) is 22.9 Å². The molecule has 72 valence electrons. The van der Waals surface area contributed by atoms with E-state index in [2.05, 4.69) is 6.08 Å². The Labute approximate surface area is 82.7 Å². The monoisotopic (exact) mass is 198 g/mol. The summed E-state index contributed by atoms with van der Waals surface area (Å²) < 4.78 is 5.86. The van der Waals surface area contributed by atoms with Crippen molar-refractivity contribution in [2.75, 3.05) is 6.26 Å². The topological polar surface area (TPSA) is 26.3 Å². The number of carbonyl (C=O) groups is 1. The second kappa shape index (κ2) is 2.85. The fraction of sp³-hybridized carbons (Fsp3) is 0.700. The average Bonchev–Trinajstić information content (AvgIpc) is 2.55. The van der Waals surface area contributed by atoms with Crippen LogP contribution in [0.4, 0.5) is 0 Å². The molecule has 1 fully saturated rings. The zero-order chi connectivity index (χ0) is 9.64. The number of ketones is 1. The minimum Gasteiger partial charge on any atom is -0.352 e. The van der Waals surface area contributed by atoms with E-state index in [1.54, 1.807) is 11.8 Å². The fourth-order valence-electron chi connectivity index (χ4n) is 2.08. The SMILES string of the molecule is CS[C@@]12C=C[C@@H](O1)[C@@H](C)C(=O)[C@H]2C. The summed E-state index contributed by atoms with van der Waals surface area (Å²) in [4.78, 5) is 11.4. The van der Waals surface area contributed by atoms with Crippen molar-refractivity contribution >= 4 is 17.5 Å². The molecule has 2 heterocycles. The summed E-state index contributed by atoms with van der Waals surface area (Å²) in [6.07, 6.45) is 6.08. The number of carbonyl (C=O) groups excluding carboxylic acids is 1. The Balaban J connectivity index is 2.36. The Morgan fingerprint density at radius 2 is 2.23 bits per heavy atom. The molecule has 4 atom stereocenters. The third kappa shape index (κ3) is 1.10. The van der Waals surface area contributed by atoms with Crippen molar-refractivity contribution in [2.24, 2.45) is 11.8 Å². The number of hydrogen-bond donors (Lipinski definition) is 0. The van der Waals surface area contributed by atoms with Crippen LogP contribution < -0.4 is 0 Å². The van der Waals surface area contributed by atoms with E-state index < -0.39 is 0 Å². The van der Waals surface area contributed by atoms with Crippen LogP contribution in [0.2, 0.25) is 0 Å².